The van der Waals surface area contributed by atoms with Gasteiger partial charge in [-0.3, -0.25) is 0 Å². The molecule has 0 aliphatic carbocycles. The van der Waals surface area contributed by atoms with Gasteiger partial charge in [0.15, 0.2) is 0 Å². The van der Waals surface area contributed by atoms with Crippen molar-refractivity contribution in [3.05, 3.63) is 0 Å². The van der Waals surface area contributed by atoms with Crippen molar-refractivity contribution in [2.24, 2.45) is 5.73 Å². The number of nitrogens with two attached hydrogens (primary N) is 1. The number of hydrogen-bond acceptors (Lipinski definition) is 3. The van der Waals surface area contributed by atoms with Crippen LogP contribution in [0.3, 0.4) is 0 Å². The van der Waals surface area contributed by atoms with Crippen LogP contribution < -0.4 is 5.73 Å². The molecule has 0 fully saturated rings. The molecule has 0 rings (SSSR count). The SMILES string of the molecule is CCO.COCCCN. The topological polar surface area (TPSA) is 55.5 Å². The van der Waals surface area contributed by atoms with Crippen molar-refractivity contribution in [2.45, 2.75) is 13.3 Å². The van der Waals surface area contributed by atoms with Crippen LogP contribution in [0.5, 0.6) is 0 Å². The van der Waals surface area contributed by atoms with Gasteiger partial charge in [-0.25, -0.2) is 0 Å². The highest BCUT2D eigenvalue weighted by Gasteiger charge is 1.74. The van der Waals surface area contributed by atoms with Crippen LogP contribution in [0.25, 0.3) is 0 Å². The fourth-order valence-corrected chi connectivity index (χ4v) is 0.228. The van der Waals surface area contributed by atoms with Gasteiger partial charge in [-0.05, 0) is 19.9 Å². The van der Waals surface area contributed by atoms with E-state index in [2.05, 4.69) is 0 Å². The van der Waals surface area contributed by atoms with E-state index in [0.717, 1.165) is 19.6 Å². The minimum absolute atomic E-state index is 0.250. The van der Waals surface area contributed by atoms with Crippen LogP contribution in [0.2, 0.25) is 0 Å². The predicted molar refractivity (Wildman–Crippen MR) is 38.3 cm³/mol. The molecule has 9 heavy (non-hydrogen) atoms. The lowest BCUT2D eigenvalue weighted by Gasteiger charge is -1.89. The van der Waals surface area contributed by atoms with E-state index in [-0.39, 0.29) is 6.61 Å². The fraction of sp³-hybridized carbons (Fsp3) is 1.00. The Morgan fingerprint density at radius 2 is 2.00 bits per heavy atom. The summed E-state index contributed by atoms with van der Waals surface area (Å²) in [5, 5.41) is 7.57. The van der Waals surface area contributed by atoms with Gasteiger partial charge in [0.1, 0.15) is 0 Å². The summed E-state index contributed by atoms with van der Waals surface area (Å²) in [5.74, 6) is 0. The molecule has 58 valence electrons. The van der Waals surface area contributed by atoms with Crippen molar-refractivity contribution in [3.8, 4) is 0 Å². The van der Waals surface area contributed by atoms with Gasteiger partial charge in [-0.1, -0.05) is 0 Å². The second kappa shape index (κ2) is 15.7. The molecular formula is C6H17NO2. The van der Waals surface area contributed by atoms with Crippen LogP contribution in [0.15, 0.2) is 0 Å². The van der Waals surface area contributed by atoms with E-state index in [1.165, 1.54) is 0 Å². The van der Waals surface area contributed by atoms with Gasteiger partial charge in [0.25, 0.3) is 0 Å². The molecule has 3 heteroatoms. The largest absolute Gasteiger partial charge is 0.397 e. The van der Waals surface area contributed by atoms with Gasteiger partial charge in [0, 0.05) is 20.3 Å². The minimum Gasteiger partial charge on any atom is -0.397 e. The van der Waals surface area contributed by atoms with Gasteiger partial charge >= 0.3 is 0 Å². The molecule has 0 atom stereocenters. The van der Waals surface area contributed by atoms with Gasteiger partial charge < -0.3 is 15.6 Å². The van der Waals surface area contributed by atoms with Crippen LogP contribution in [0.4, 0.5) is 0 Å². The molecule has 0 aromatic carbocycles. The zero-order valence-electron chi connectivity index (χ0n) is 6.26. The standard InChI is InChI=1S/C4H11NO.C2H6O/c1-6-4-2-3-5;1-2-3/h2-5H2,1H3;3H,2H2,1H3. The van der Waals surface area contributed by atoms with E-state index in [9.17, 15) is 0 Å². The highest BCUT2D eigenvalue weighted by molar-refractivity contribution is 4.31. The van der Waals surface area contributed by atoms with E-state index >= 15 is 0 Å². The average Bonchev–Trinajstić information content (AvgIpc) is 1.86. The van der Waals surface area contributed by atoms with Crippen LogP contribution >= 0.6 is 0 Å². The molecular weight excluding hydrogens is 118 g/mol. The van der Waals surface area contributed by atoms with Gasteiger partial charge in [-0.2, -0.15) is 0 Å². The summed E-state index contributed by atoms with van der Waals surface area (Å²) in [6.45, 7) is 3.45. The smallest absolute Gasteiger partial charge is 0.0474 e. The molecule has 0 aliphatic heterocycles. The lowest BCUT2D eigenvalue weighted by molar-refractivity contribution is 0.197. The minimum atomic E-state index is 0.250. The molecule has 0 heterocycles. The molecule has 0 aromatic heterocycles. The van der Waals surface area contributed by atoms with Crippen molar-refractivity contribution in [3.63, 3.8) is 0 Å². The van der Waals surface area contributed by atoms with E-state index in [1.54, 1.807) is 14.0 Å². The Balaban J connectivity index is 0. The lowest BCUT2D eigenvalue weighted by atomic mass is 10.5. The number of rotatable bonds is 3. The van der Waals surface area contributed by atoms with Crippen molar-refractivity contribution in [2.75, 3.05) is 26.9 Å². The zero-order chi connectivity index (χ0) is 7.54. The summed E-state index contributed by atoms with van der Waals surface area (Å²) < 4.78 is 4.70. The van der Waals surface area contributed by atoms with Crippen LogP contribution in [-0.2, 0) is 4.74 Å². The first kappa shape index (κ1) is 11.6. The Kier molecular flexibility index (Phi) is 20.3. The molecule has 0 aromatic rings. The molecule has 0 saturated heterocycles. The molecule has 3 N–H and O–H groups in total. The van der Waals surface area contributed by atoms with Crippen molar-refractivity contribution < 1.29 is 9.84 Å². The molecule has 0 amide bonds. The monoisotopic (exact) mass is 135 g/mol. The highest BCUT2D eigenvalue weighted by Crippen LogP contribution is 1.70. The van der Waals surface area contributed by atoms with E-state index in [0.29, 0.717) is 0 Å². The average molecular weight is 135 g/mol. The second-order valence-corrected chi connectivity index (χ2v) is 1.45. The summed E-state index contributed by atoms with van der Waals surface area (Å²) in [4.78, 5) is 0. The van der Waals surface area contributed by atoms with Gasteiger partial charge in [0.2, 0.25) is 0 Å². The molecule has 0 radical (unpaired) electrons. The number of aliphatic hydroxyl groups excluding tert-OH is 1. The number of methoxy groups -OCH3 is 1. The Hall–Kier alpha value is -0.120. The fourth-order valence-electron chi connectivity index (χ4n) is 0.228. The van der Waals surface area contributed by atoms with Crippen molar-refractivity contribution >= 4 is 0 Å². The maximum Gasteiger partial charge on any atom is 0.0474 e. The van der Waals surface area contributed by atoms with E-state index in [4.69, 9.17) is 15.6 Å². The zero-order valence-corrected chi connectivity index (χ0v) is 6.26. The molecule has 0 bridgehead atoms. The molecule has 0 unspecified atom stereocenters. The van der Waals surface area contributed by atoms with Crippen molar-refractivity contribution in [1.82, 2.24) is 0 Å². The number of hydrogen-bond donors (Lipinski definition) is 2. The first-order valence-electron chi connectivity index (χ1n) is 3.13. The third kappa shape index (κ3) is 32.8. The maximum atomic E-state index is 7.57. The normalized spacial score (nSPS) is 8.00. The second-order valence-electron chi connectivity index (χ2n) is 1.45. The van der Waals surface area contributed by atoms with E-state index in [1.807, 2.05) is 0 Å². The lowest BCUT2D eigenvalue weighted by Crippen LogP contribution is -2.01. The summed E-state index contributed by atoms with van der Waals surface area (Å²) in [7, 11) is 1.68. The quantitative estimate of drug-likeness (QED) is 0.535. The van der Waals surface area contributed by atoms with Crippen LogP contribution in [-0.4, -0.2) is 32.0 Å². The Labute approximate surface area is 56.8 Å². The molecule has 0 spiro atoms. The molecule has 0 saturated carbocycles. The van der Waals surface area contributed by atoms with Crippen LogP contribution in [0, 0.1) is 0 Å². The molecule has 0 aliphatic rings. The summed E-state index contributed by atoms with van der Waals surface area (Å²) in [5.41, 5.74) is 5.13. The number of aliphatic hydroxyl groups is 1. The maximum absolute atomic E-state index is 7.57. The Bertz CT molecular complexity index is 30.2. The predicted octanol–water partition coefficient (Wildman–Crippen LogP) is -0.0198. The molecule has 3 nitrogen and oxygen atoms in total. The van der Waals surface area contributed by atoms with Gasteiger partial charge in [0.05, 0.1) is 0 Å². The first-order valence-corrected chi connectivity index (χ1v) is 3.13. The summed E-state index contributed by atoms with van der Waals surface area (Å²) >= 11 is 0. The van der Waals surface area contributed by atoms with Crippen LogP contribution in [0.1, 0.15) is 13.3 Å². The van der Waals surface area contributed by atoms with E-state index < -0.39 is 0 Å². The van der Waals surface area contributed by atoms with Gasteiger partial charge in [-0.15, -0.1) is 0 Å². The third-order valence-corrected chi connectivity index (χ3v) is 0.553. The van der Waals surface area contributed by atoms with Crippen molar-refractivity contribution in [1.29, 1.82) is 0 Å². The summed E-state index contributed by atoms with van der Waals surface area (Å²) in [6.07, 6.45) is 0.969. The Morgan fingerprint density at radius 3 is 2.11 bits per heavy atom. The third-order valence-electron chi connectivity index (χ3n) is 0.553. The number of ether oxygens (including phenoxy) is 1. The summed E-state index contributed by atoms with van der Waals surface area (Å²) in [6, 6.07) is 0. The first-order chi connectivity index (χ1) is 4.33. The highest BCUT2D eigenvalue weighted by atomic mass is 16.5. The Morgan fingerprint density at radius 1 is 1.56 bits per heavy atom.